The van der Waals surface area contributed by atoms with Crippen LogP contribution in [0.15, 0.2) is 36.4 Å². The predicted molar refractivity (Wildman–Crippen MR) is 78.7 cm³/mol. The highest BCUT2D eigenvalue weighted by atomic mass is 19.2. The molecular formula is C18H16F2O2. The van der Waals surface area contributed by atoms with Crippen molar-refractivity contribution in [3.63, 3.8) is 0 Å². The van der Waals surface area contributed by atoms with Crippen LogP contribution >= 0.6 is 0 Å². The summed E-state index contributed by atoms with van der Waals surface area (Å²) in [5, 5.41) is 0. The molecule has 0 heterocycles. The topological polar surface area (TPSA) is 26.3 Å². The van der Waals surface area contributed by atoms with Crippen LogP contribution in [0.25, 0.3) is 0 Å². The molecule has 0 spiro atoms. The molecule has 2 nitrogen and oxygen atoms in total. The van der Waals surface area contributed by atoms with Crippen molar-refractivity contribution in [2.24, 2.45) is 0 Å². The number of aryl methyl sites for hydroxylation is 2. The van der Waals surface area contributed by atoms with E-state index in [0.717, 1.165) is 17.2 Å². The third-order valence-corrected chi connectivity index (χ3v) is 4.05. The van der Waals surface area contributed by atoms with Crippen LogP contribution in [0.1, 0.15) is 35.1 Å². The van der Waals surface area contributed by atoms with Crippen molar-refractivity contribution >= 4 is 5.97 Å². The minimum absolute atomic E-state index is 0.247. The number of benzene rings is 2. The molecule has 0 N–H and O–H groups in total. The summed E-state index contributed by atoms with van der Waals surface area (Å²) in [5.74, 6) is -2.95. The zero-order valence-corrected chi connectivity index (χ0v) is 12.2. The minimum Gasteiger partial charge on any atom is -0.465 e. The molecule has 0 saturated carbocycles. The summed E-state index contributed by atoms with van der Waals surface area (Å²) in [5.41, 5.74) is 2.98. The van der Waals surface area contributed by atoms with Crippen molar-refractivity contribution in [2.45, 2.75) is 25.7 Å². The Kier molecular flexibility index (Phi) is 3.92. The lowest BCUT2D eigenvalue weighted by Crippen LogP contribution is -2.19. The first-order chi connectivity index (χ1) is 10.6. The van der Waals surface area contributed by atoms with Crippen molar-refractivity contribution < 1.29 is 18.3 Å². The molecule has 1 aliphatic rings. The molecule has 1 atom stereocenters. The Morgan fingerprint density at radius 3 is 2.55 bits per heavy atom. The van der Waals surface area contributed by atoms with Crippen LogP contribution in [0, 0.1) is 11.6 Å². The van der Waals surface area contributed by atoms with E-state index in [1.54, 1.807) is 6.92 Å². The van der Waals surface area contributed by atoms with E-state index in [-0.39, 0.29) is 6.61 Å². The first kappa shape index (κ1) is 14.7. The Morgan fingerprint density at radius 1 is 1.09 bits per heavy atom. The Hall–Kier alpha value is -2.23. The van der Waals surface area contributed by atoms with Gasteiger partial charge in [0.1, 0.15) is 5.92 Å². The lowest BCUT2D eigenvalue weighted by Gasteiger charge is -2.19. The number of carbonyl (C=O) groups is 1. The van der Waals surface area contributed by atoms with Gasteiger partial charge in [0.25, 0.3) is 0 Å². The molecule has 0 bridgehead atoms. The van der Waals surface area contributed by atoms with E-state index in [1.807, 2.05) is 24.3 Å². The average Bonchev–Trinajstić information content (AvgIpc) is 2.65. The fraction of sp³-hybridized carbons (Fsp3) is 0.278. The second-order valence-corrected chi connectivity index (χ2v) is 5.35. The highest BCUT2D eigenvalue weighted by molar-refractivity contribution is 5.83. The molecule has 4 heteroatoms. The lowest BCUT2D eigenvalue weighted by atomic mass is 9.88. The maximum absolute atomic E-state index is 13.7. The second kappa shape index (κ2) is 5.87. The van der Waals surface area contributed by atoms with Gasteiger partial charge < -0.3 is 4.74 Å². The molecule has 0 aliphatic heterocycles. The highest BCUT2D eigenvalue weighted by Crippen LogP contribution is 2.36. The monoisotopic (exact) mass is 302 g/mol. The summed E-state index contributed by atoms with van der Waals surface area (Å²) in [6.07, 6.45) is 1.25. The number of esters is 1. The number of hydrogen-bond donors (Lipinski definition) is 0. The number of fused-ring (bicyclic) bond motifs is 2. The number of halogens is 2. The van der Waals surface area contributed by atoms with Crippen molar-refractivity contribution in [3.8, 4) is 0 Å². The maximum atomic E-state index is 13.7. The Bertz CT molecular complexity index is 725. The van der Waals surface area contributed by atoms with E-state index >= 15 is 0 Å². The van der Waals surface area contributed by atoms with Crippen molar-refractivity contribution in [1.29, 1.82) is 0 Å². The lowest BCUT2D eigenvalue weighted by molar-refractivity contribution is -0.143. The Morgan fingerprint density at radius 2 is 1.77 bits per heavy atom. The van der Waals surface area contributed by atoms with Gasteiger partial charge in [-0.3, -0.25) is 4.79 Å². The molecule has 22 heavy (non-hydrogen) atoms. The maximum Gasteiger partial charge on any atom is 0.317 e. The zero-order valence-electron chi connectivity index (χ0n) is 12.2. The molecule has 1 unspecified atom stereocenters. The van der Waals surface area contributed by atoms with E-state index in [1.165, 1.54) is 6.07 Å². The van der Waals surface area contributed by atoms with E-state index < -0.39 is 23.5 Å². The minimum atomic E-state index is -0.938. The van der Waals surface area contributed by atoms with Gasteiger partial charge in [-0.2, -0.15) is 0 Å². The fourth-order valence-electron chi connectivity index (χ4n) is 3.05. The van der Waals surface area contributed by atoms with Gasteiger partial charge in [-0.15, -0.1) is 0 Å². The number of ether oxygens (including phenoxy) is 1. The molecule has 0 fully saturated rings. The molecule has 2 aromatic rings. The third-order valence-electron chi connectivity index (χ3n) is 4.05. The van der Waals surface area contributed by atoms with Gasteiger partial charge in [-0.25, -0.2) is 8.78 Å². The van der Waals surface area contributed by atoms with Crippen LogP contribution in [0.5, 0.6) is 0 Å². The summed E-state index contributed by atoms with van der Waals surface area (Å²) in [4.78, 5) is 12.4. The number of rotatable bonds is 2. The second-order valence-electron chi connectivity index (χ2n) is 5.35. The van der Waals surface area contributed by atoms with E-state index in [4.69, 9.17) is 4.74 Å². The van der Waals surface area contributed by atoms with Gasteiger partial charge in [0.2, 0.25) is 0 Å². The summed E-state index contributed by atoms with van der Waals surface area (Å²) in [7, 11) is 0. The van der Waals surface area contributed by atoms with Gasteiger partial charge in [-0.1, -0.05) is 24.3 Å². The van der Waals surface area contributed by atoms with E-state index in [9.17, 15) is 13.6 Å². The molecule has 3 rings (SSSR count). The van der Waals surface area contributed by atoms with Crippen molar-refractivity contribution in [3.05, 3.63) is 70.3 Å². The largest absolute Gasteiger partial charge is 0.465 e. The van der Waals surface area contributed by atoms with E-state index in [0.29, 0.717) is 24.0 Å². The van der Waals surface area contributed by atoms with Gasteiger partial charge >= 0.3 is 5.97 Å². The third kappa shape index (κ3) is 2.49. The standard InChI is InChI=1S/C18H16F2O2/c1-2-22-18(21)17-13-6-4-3-5-11(13)7-8-12-9-15(19)16(20)10-14(12)17/h3-6,9-10,17H,2,7-8H2,1H3. The smallest absolute Gasteiger partial charge is 0.317 e. The molecule has 114 valence electrons. The summed E-state index contributed by atoms with van der Waals surface area (Å²) >= 11 is 0. The SMILES string of the molecule is CCOC(=O)C1c2ccccc2CCc2cc(F)c(F)cc21. The van der Waals surface area contributed by atoms with Crippen LogP contribution in [0.4, 0.5) is 8.78 Å². The Balaban J connectivity index is 2.21. The fourth-order valence-corrected chi connectivity index (χ4v) is 3.05. The van der Waals surface area contributed by atoms with Crippen LogP contribution in [0.3, 0.4) is 0 Å². The number of hydrogen-bond acceptors (Lipinski definition) is 2. The van der Waals surface area contributed by atoms with Crippen molar-refractivity contribution in [1.82, 2.24) is 0 Å². The van der Waals surface area contributed by atoms with Gasteiger partial charge in [0.15, 0.2) is 11.6 Å². The van der Waals surface area contributed by atoms with E-state index in [2.05, 4.69) is 0 Å². The first-order valence-corrected chi connectivity index (χ1v) is 7.34. The van der Waals surface area contributed by atoms with Gasteiger partial charge in [0.05, 0.1) is 6.61 Å². The molecule has 0 amide bonds. The van der Waals surface area contributed by atoms with Crippen LogP contribution < -0.4 is 0 Å². The van der Waals surface area contributed by atoms with Gasteiger partial charge in [0, 0.05) is 0 Å². The van der Waals surface area contributed by atoms with Crippen LogP contribution in [-0.2, 0) is 22.4 Å². The molecule has 0 saturated heterocycles. The average molecular weight is 302 g/mol. The molecular weight excluding hydrogens is 286 g/mol. The van der Waals surface area contributed by atoms with Crippen molar-refractivity contribution in [2.75, 3.05) is 6.61 Å². The summed E-state index contributed by atoms with van der Waals surface area (Å²) < 4.78 is 32.4. The molecule has 1 aliphatic carbocycles. The predicted octanol–water partition coefficient (Wildman–Crippen LogP) is 3.76. The first-order valence-electron chi connectivity index (χ1n) is 7.34. The quantitative estimate of drug-likeness (QED) is 0.790. The number of carbonyl (C=O) groups excluding carboxylic acids is 1. The normalized spacial score (nSPS) is 16.4. The molecule has 0 radical (unpaired) electrons. The molecule has 2 aromatic carbocycles. The van der Waals surface area contributed by atoms with Crippen LogP contribution in [-0.4, -0.2) is 12.6 Å². The highest BCUT2D eigenvalue weighted by Gasteiger charge is 2.31. The molecule has 0 aromatic heterocycles. The van der Waals surface area contributed by atoms with Gasteiger partial charge in [-0.05, 0) is 54.2 Å². The summed E-state index contributed by atoms with van der Waals surface area (Å²) in [6.45, 7) is 1.98. The Labute approximate surface area is 127 Å². The summed E-state index contributed by atoms with van der Waals surface area (Å²) in [6, 6.07) is 9.87. The zero-order chi connectivity index (χ0) is 15.7. The van der Waals surface area contributed by atoms with Crippen LogP contribution in [0.2, 0.25) is 0 Å².